The molecule has 4 nitrogen and oxygen atoms in total. The Morgan fingerprint density at radius 1 is 1.13 bits per heavy atom. The molecule has 0 aromatic rings. The van der Waals surface area contributed by atoms with Crippen molar-refractivity contribution in [1.29, 1.82) is 0 Å². The highest BCUT2D eigenvalue weighted by Gasteiger charge is 2.50. The smallest absolute Gasteiger partial charge is 0.405 e. The molecule has 0 spiro atoms. The number of esters is 1. The first-order chi connectivity index (χ1) is 10.1. The molecule has 1 N–H and O–H groups in total. The van der Waals surface area contributed by atoms with Gasteiger partial charge in [-0.25, -0.2) is 8.93 Å². The Labute approximate surface area is 139 Å². The van der Waals surface area contributed by atoms with Crippen molar-refractivity contribution in [2.45, 2.75) is 71.9 Å². The van der Waals surface area contributed by atoms with E-state index in [4.69, 9.17) is 4.74 Å². The second kappa shape index (κ2) is 7.96. The Kier molecular flexibility index (Phi) is 7.74. The number of alkyl halides is 3. The molecule has 0 radical (unpaired) electrons. The minimum Gasteiger partial charge on any atom is -0.466 e. The maximum absolute atomic E-state index is 13.5. The summed E-state index contributed by atoms with van der Waals surface area (Å²) in [6.07, 6.45) is -4.76. The molecule has 0 aromatic carbocycles. The number of hydrogen-bond donors (Lipinski definition) is 1. The fourth-order valence-corrected chi connectivity index (χ4v) is 2.80. The fourth-order valence-electron chi connectivity index (χ4n) is 1.92. The molecule has 3 atom stereocenters. The van der Waals surface area contributed by atoms with Gasteiger partial charge in [0.25, 0.3) is 0 Å². The summed E-state index contributed by atoms with van der Waals surface area (Å²) in [6, 6.07) is -2.22. The summed E-state index contributed by atoms with van der Waals surface area (Å²) < 4.78 is 58.6. The highest BCUT2D eigenvalue weighted by molar-refractivity contribution is 7.84. The maximum Gasteiger partial charge on any atom is 0.405 e. The van der Waals surface area contributed by atoms with Crippen LogP contribution in [0.5, 0.6) is 0 Å². The van der Waals surface area contributed by atoms with Gasteiger partial charge in [-0.3, -0.25) is 4.79 Å². The second-order valence-electron chi connectivity index (χ2n) is 7.64. The van der Waals surface area contributed by atoms with Crippen LogP contribution >= 0.6 is 0 Å². The van der Waals surface area contributed by atoms with Crippen LogP contribution in [0.1, 0.15) is 54.9 Å². The van der Waals surface area contributed by atoms with Crippen molar-refractivity contribution >= 4 is 17.0 Å². The van der Waals surface area contributed by atoms with Gasteiger partial charge in [0, 0.05) is 0 Å². The Bertz CT molecular complexity index is 425. The van der Waals surface area contributed by atoms with E-state index in [-0.39, 0.29) is 13.0 Å². The van der Waals surface area contributed by atoms with Gasteiger partial charge in [0.1, 0.15) is 6.04 Å². The molecular weight excluding hydrogens is 331 g/mol. The van der Waals surface area contributed by atoms with E-state index in [1.807, 2.05) is 0 Å². The van der Waals surface area contributed by atoms with Crippen LogP contribution in [0.15, 0.2) is 0 Å². The predicted octanol–water partition coefficient (Wildman–Crippen LogP) is 3.58. The molecule has 23 heavy (non-hydrogen) atoms. The highest BCUT2D eigenvalue weighted by atomic mass is 32.2. The summed E-state index contributed by atoms with van der Waals surface area (Å²) in [6.45, 7) is 11.4. The average molecular weight is 359 g/mol. The molecule has 0 saturated carbocycles. The van der Waals surface area contributed by atoms with Crippen LogP contribution in [0.3, 0.4) is 0 Å². The van der Waals surface area contributed by atoms with Crippen LogP contribution in [-0.4, -0.2) is 33.8 Å². The third-order valence-corrected chi connectivity index (χ3v) is 4.55. The summed E-state index contributed by atoms with van der Waals surface area (Å²) in [5, 5.41) is 0. The lowest BCUT2D eigenvalue weighted by Crippen LogP contribution is -2.54. The van der Waals surface area contributed by atoms with E-state index in [9.17, 15) is 22.2 Å². The first kappa shape index (κ1) is 22.4. The SMILES string of the molecule is CCOC(=O)[C@H](CC(C)(C)C)[C@@H](N[S@](=O)C(C)(C)C)C(F)(F)F. The van der Waals surface area contributed by atoms with E-state index >= 15 is 0 Å². The summed E-state index contributed by atoms with van der Waals surface area (Å²) in [5.41, 5.74) is -0.522. The molecule has 0 bridgehead atoms. The number of halogens is 3. The average Bonchev–Trinajstić information content (AvgIpc) is 2.29. The molecule has 0 saturated heterocycles. The molecular formula is C15H28F3NO3S. The Hall–Kier alpha value is -0.630. The number of nitrogens with one attached hydrogen (secondary N) is 1. The van der Waals surface area contributed by atoms with Crippen LogP contribution in [0.4, 0.5) is 13.2 Å². The molecule has 0 rings (SSSR count). The second-order valence-corrected chi connectivity index (χ2v) is 9.64. The molecule has 0 aromatic heterocycles. The standard InChI is InChI=1S/C15H28F3NO3S/c1-8-22-12(20)10(9-13(2,3)4)11(15(16,17)18)19-23(21)14(5,6)7/h10-11,19H,8-9H2,1-7H3/t10-,11-,23-/m1/s1. The van der Waals surface area contributed by atoms with Crippen LogP contribution < -0.4 is 4.72 Å². The van der Waals surface area contributed by atoms with Gasteiger partial charge in [0.15, 0.2) is 0 Å². The van der Waals surface area contributed by atoms with Gasteiger partial charge in [-0.15, -0.1) is 0 Å². The van der Waals surface area contributed by atoms with Crippen molar-refractivity contribution < 1.29 is 26.9 Å². The summed E-state index contributed by atoms with van der Waals surface area (Å²) in [4.78, 5) is 12.1. The number of carbonyl (C=O) groups is 1. The van der Waals surface area contributed by atoms with Crippen LogP contribution in [-0.2, 0) is 20.5 Å². The van der Waals surface area contributed by atoms with Gasteiger partial charge in [-0.2, -0.15) is 13.2 Å². The van der Waals surface area contributed by atoms with Crippen LogP contribution in [0, 0.1) is 11.3 Å². The molecule has 0 aliphatic heterocycles. The van der Waals surface area contributed by atoms with E-state index in [1.54, 1.807) is 41.5 Å². The molecule has 0 heterocycles. The zero-order valence-corrected chi connectivity index (χ0v) is 15.7. The van der Waals surface area contributed by atoms with Gasteiger partial charge in [0.2, 0.25) is 0 Å². The van der Waals surface area contributed by atoms with Crippen molar-refractivity contribution in [3.8, 4) is 0 Å². The van der Waals surface area contributed by atoms with Crippen molar-refractivity contribution in [3.63, 3.8) is 0 Å². The summed E-state index contributed by atoms with van der Waals surface area (Å²) in [5.74, 6) is -2.38. The van der Waals surface area contributed by atoms with Crippen molar-refractivity contribution in [1.82, 2.24) is 4.72 Å². The van der Waals surface area contributed by atoms with Crippen LogP contribution in [0.2, 0.25) is 0 Å². The molecule has 8 heteroatoms. The van der Waals surface area contributed by atoms with E-state index in [2.05, 4.69) is 4.72 Å². The van der Waals surface area contributed by atoms with E-state index in [0.29, 0.717) is 0 Å². The van der Waals surface area contributed by atoms with Gasteiger partial charge in [0.05, 0.1) is 28.3 Å². The highest BCUT2D eigenvalue weighted by Crippen LogP contribution is 2.35. The van der Waals surface area contributed by atoms with E-state index < -0.39 is 45.3 Å². The monoisotopic (exact) mass is 359 g/mol. The van der Waals surface area contributed by atoms with Crippen LogP contribution in [0.25, 0.3) is 0 Å². The molecule has 138 valence electrons. The maximum atomic E-state index is 13.5. The lowest BCUT2D eigenvalue weighted by Gasteiger charge is -2.33. The zero-order valence-electron chi connectivity index (χ0n) is 14.8. The molecule has 0 fully saturated rings. The predicted molar refractivity (Wildman–Crippen MR) is 85.1 cm³/mol. The van der Waals surface area contributed by atoms with E-state index in [0.717, 1.165) is 0 Å². The molecule has 0 amide bonds. The topological polar surface area (TPSA) is 55.4 Å². The van der Waals surface area contributed by atoms with Gasteiger partial charge in [-0.05, 0) is 39.5 Å². The third-order valence-electron chi connectivity index (χ3n) is 2.97. The first-order valence-corrected chi connectivity index (χ1v) is 8.66. The lowest BCUT2D eigenvalue weighted by atomic mass is 9.81. The van der Waals surface area contributed by atoms with Crippen molar-refractivity contribution in [3.05, 3.63) is 0 Å². The minimum absolute atomic E-state index is 0.00753. The first-order valence-electron chi connectivity index (χ1n) is 7.51. The van der Waals surface area contributed by atoms with Gasteiger partial charge >= 0.3 is 12.1 Å². The number of ether oxygens (including phenoxy) is 1. The Morgan fingerprint density at radius 3 is 1.91 bits per heavy atom. The number of hydrogen-bond acceptors (Lipinski definition) is 3. The van der Waals surface area contributed by atoms with Crippen molar-refractivity contribution in [2.75, 3.05) is 6.61 Å². The van der Waals surface area contributed by atoms with Gasteiger partial charge < -0.3 is 4.74 Å². The Morgan fingerprint density at radius 2 is 1.61 bits per heavy atom. The zero-order chi connectivity index (χ0) is 18.6. The van der Waals surface area contributed by atoms with E-state index in [1.165, 1.54) is 6.92 Å². The lowest BCUT2D eigenvalue weighted by molar-refractivity contribution is -0.180. The number of carbonyl (C=O) groups excluding carboxylic acids is 1. The number of rotatable bonds is 6. The summed E-state index contributed by atoms with van der Waals surface area (Å²) in [7, 11) is -1.96. The quantitative estimate of drug-likeness (QED) is 0.738. The van der Waals surface area contributed by atoms with Crippen molar-refractivity contribution in [2.24, 2.45) is 11.3 Å². The largest absolute Gasteiger partial charge is 0.466 e. The normalized spacial score (nSPS) is 17.5. The fraction of sp³-hybridized carbons (Fsp3) is 0.933. The minimum atomic E-state index is -4.72. The molecule has 0 aliphatic rings. The molecule has 0 aliphatic carbocycles. The third kappa shape index (κ3) is 8.15. The Balaban J connectivity index is 5.65. The van der Waals surface area contributed by atoms with Gasteiger partial charge in [-0.1, -0.05) is 20.8 Å². The molecule has 0 unspecified atom stereocenters. The summed E-state index contributed by atoms with van der Waals surface area (Å²) >= 11 is 0.